The molecule has 1 heterocycles. The standard InChI is InChI=1S/C12H23N7O/c1-4-19(5-2)12-17-10(14-3)16-11(18-12)15-8-6-7-9(13)20/h4-8H2,1-3H3,(H2,13,20)(H2,14,15,16,17,18). The Morgan fingerprint density at radius 1 is 1.20 bits per heavy atom. The highest BCUT2D eigenvalue weighted by molar-refractivity contribution is 5.73. The van der Waals surface area contributed by atoms with Gasteiger partial charge >= 0.3 is 0 Å². The first-order valence-corrected chi connectivity index (χ1v) is 6.81. The van der Waals surface area contributed by atoms with Crippen molar-refractivity contribution in [3.05, 3.63) is 0 Å². The molecule has 0 radical (unpaired) electrons. The first-order chi connectivity index (χ1) is 9.60. The van der Waals surface area contributed by atoms with Crippen LogP contribution in [0.1, 0.15) is 26.7 Å². The van der Waals surface area contributed by atoms with Crippen molar-refractivity contribution >= 4 is 23.8 Å². The zero-order chi connectivity index (χ0) is 15.0. The minimum Gasteiger partial charge on any atom is -0.370 e. The lowest BCUT2D eigenvalue weighted by molar-refractivity contribution is -0.118. The van der Waals surface area contributed by atoms with Crippen LogP contribution in [0.2, 0.25) is 0 Å². The van der Waals surface area contributed by atoms with E-state index in [-0.39, 0.29) is 5.91 Å². The number of carbonyl (C=O) groups is 1. The van der Waals surface area contributed by atoms with Crippen LogP contribution in [0.5, 0.6) is 0 Å². The number of nitrogens with one attached hydrogen (secondary N) is 2. The highest BCUT2D eigenvalue weighted by Crippen LogP contribution is 2.13. The average Bonchev–Trinajstić information content (AvgIpc) is 2.44. The predicted octanol–water partition coefficient (Wildman–Crippen LogP) is 0.437. The minimum atomic E-state index is -0.304. The van der Waals surface area contributed by atoms with Crippen LogP contribution in [0.3, 0.4) is 0 Å². The summed E-state index contributed by atoms with van der Waals surface area (Å²) in [6.45, 7) is 6.34. The number of hydrogen-bond donors (Lipinski definition) is 3. The van der Waals surface area contributed by atoms with E-state index < -0.39 is 0 Å². The second-order valence-electron chi connectivity index (χ2n) is 4.20. The maximum absolute atomic E-state index is 10.7. The summed E-state index contributed by atoms with van der Waals surface area (Å²) in [6, 6.07) is 0. The molecule has 4 N–H and O–H groups in total. The molecule has 0 saturated carbocycles. The van der Waals surface area contributed by atoms with Crippen LogP contribution in [0, 0.1) is 0 Å². The number of carbonyl (C=O) groups excluding carboxylic acids is 1. The summed E-state index contributed by atoms with van der Waals surface area (Å²) < 4.78 is 0. The van der Waals surface area contributed by atoms with E-state index in [0.717, 1.165) is 13.1 Å². The van der Waals surface area contributed by atoms with E-state index in [1.807, 2.05) is 18.7 Å². The Bertz CT molecular complexity index is 434. The molecule has 0 aliphatic heterocycles. The van der Waals surface area contributed by atoms with E-state index in [9.17, 15) is 4.79 Å². The van der Waals surface area contributed by atoms with Crippen molar-refractivity contribution in [3.8, 4) is 0 Å². The van der Waals surface area contributed by atoms with Crippen LogP contribution in [-0.2, 0) is 4.79 Å². The van der Waals surface area contributed by atoms with Gasteiger partial charge in [-0.2, -0.15) is 15.0 Å². The van der Waals surface area contributed by atoms with Crippen LogP contribution >= 0.6 is 0 Å². The molecule has 0 aliphatic rings. The van der Waals surface area contributed by atoms with E-state index in [1.54, 1.807) is 7.05 Å². The molecule has 1 amide bonds. The van der Waals surface area contributed by atoms with Crippen LogP contribution < -0.4 is 21.3 Å². The van der Waals surface area contributed by atoms with E-state index >= 15 is 0 Å². The van der Waals surface area contributed by atoms with Gasteiger partial charge in [0.1, 0.15) is 0 Å². The Morgan fingerprint density at radius 3 is 2.40 bits per heavy atom. The number of aromatic nitrogens is 3. The van der Waals surface area contributed by atoms with Gasteiger partial charge in [-0.25, -0.2) is 0 Å². The monoisotopic (exact) mass is 281 g/mol. The Kier molecular flexibility index (Phi) is 6.48. The van der Waals surface area contributed by atoms with Crippen molar-refractivity contribution in [2.75, 3.05) is 42.2 Å². The van der Waals surface area contributed by atoms with Crippen LogP contribution in [0.4, 0.5) is 17.8 Å². The second-order valence-corrected chi connectivity index (χ2v) is 4.20. The fourth-order valence-electron chi connectivity index (χ4n) is 1.67. The van der Waals surface area contributed by atoms with Crippen molar-refractivity contribution in [2.45, 2.75) is 26.7 Å². The zero-order valence-electron chi connectivity index (χ0n) is 12.3. The van der Waals surface area contributed by atoms with Crippen molar-refractivity contribution in [2.24, 2.45) is 5.73 Å². The summed E-state index contributed by atoms with van der Waals surface area (Å²) in [5.74, 6) is 1.34. The van der Waals surface area contributed by atoms with Gasteiger partial charge in [-0.3, -0.25) is 4.79 Å². The summed E-state index contributed by atoms with van der Waals surface area (Å²) in [5.41, 5.74) is 5.09. The maximum atomic E-state index is 10.7. The third kappa shape index (κ3) is 4.87. The number of nitrogens with two attached hydrogens (primary N) is 1. The van der Waals surface area contributed by atoms with Gasteiger partial charge in [0.2, 0.25) is 23.8 Å². The summed E-state index contributed by atoms with van der Waals surface area (Å²) in [7, 11) is 1.76. The Balaban J connectivity index is 2.74. The molecule has 0 unspecified atom stereocenters. The molecule has 112 valence electrons. The molecule has 8 heteroatoms. The van der Waals surface area contributed by atoms with Gasteiger partial charge in [0, 0.05) is 33.1 Å². The molecule has 1 aromatic heterocycles. The van der Waals surface area contributed by atoms with Gasteiger partial charge in [0.05, 0.1) is 0 Å². The Morgan fingerprint density at radius 2 is 1.85 bits per heavy atom. The lowest BCUT2D eigenvalue weighted by atomic mass is 10.3. The Labute approximate surface area is 119 Å². The molecule has 1 aromatic rings. The highest BCUT2D eigenvalue weighted by atomic mass is 16.1. The molecule has 8 nitrogen and oxygen atoms in total. The molecule has 0 atom stereocenters. The minimum absolute atomic E-state index is 0.304. The van der Waals surface area contributed by atoms with E-state index in [0.29, 0.717) is 37.2 Å². The SMILES string of the molecule is CCN(CC)c1nc(NC)nc(NCCCC(N)=O)n1. The fourth-order valence-corrected chi connectivity index (χ4v) is 1.67. The molecule has 0 spiro atoms. The summed E-state index contributed by atoms with van der Waals surface area (Å²) in [5, 5.41) is 6.00. The normalized spacial score (nSPS) is 10.2. The van der Waals surface area contributed by atoms with Gasteiger partial charge in [0.15, 0.2) is 0 Å². The zero-order valence-corrected chi connectivity index (χ0v) is 12.3. The predicted molar refractivity (Wildman–Crippen MR) is 79.9 cm³/mol. The summed E-state index contributed by atoms with van der Waals surface area (Å²) in [6.07, 6.45) is 0.996. The number of anilines is 3. The van der Waals surface area contributed by atoms with E-state index in [1.165, 1.54) is 0 Å². The first-order valence-electron chi connectivity index (χ1n) is 6.81. The summed E-state index contributed by atoms with van der Waals surface area (Å²) in [4.78, 5) is 25.6. The lowest BCUT2D eigenvalue weighted by Crippen LogP contribution is -2.25. The van der Waals surface area contributed by atoms with Gasteiger partial charge < -0.3 is 21.3 Å². The molecule has 1 rings (SSSR count). The van der Waals surface area contributed by atoms with Crippen LogP contribution in [0.15, 0.2) is 0 Å². The van der Waals surface area contributed by atoms with Crippen molar-refractivity contribution in [1.82, 2.24) is 15.0 Å². The fraction of sp³-hybridized carbons (Fsp3) is 0.667. The third-order valence-corrected chi connectivity index (χ3v) is 2.78. The number of rotatable bonds is 9. The number of nitrogens with zero attached hydrogens (tertiary/aromatic N) is 4. The van der Waals surface area contributed by atoms with Gasteiger partial charge in [0.25, 0.3) is 0 Å². The van der Waals surface area contributed by atoms with Gasteiger partial charge in [-0.05, 0) is 20.3 Å². The summed E-state index contributed by atoms with van der Waals surface area (Å²) >= 11 is 0. The molecular formula is C12H23N7O. The number of primary amides is 1. The molecule has 0 aliphatic carbocycles. The molecule has 0 bridgehead atoms. The molecule has 20 heavy (non-hydrogen) atoms. The first kappa shape index (κ1) is 15.9. The largest absolute Gasteiger partial charge is 0.370 e. The van der Waals surface area contributed by atoms with Crippen LogP contribution in [0.25, 0.3) is 0 Å². The second kappa shape index (κ2) is 8.13. The van der Waals surface area contributed by atoms with Crippen LogP contribution in [-0.4, -0.2) is 47.5 Å². The van der Waals surface area contributed by atoms with E-state index in [4.69, 9.17) is 5.73 Å². The number of hydrogen-bond acceptors (Lipinski definition) is 7. The molecule has 0 saturated heterocycles. The average molecular weight is 281 g/mol. The quantitative estimate of drug-likeness (QED) is 0.563. The van der Waals surface area contributed by atoms with E-state index in [2.05, 4.69) is 25.6 Å². The smallest absolute Gasteiger partial charge is 0.231 e. The lowest BCUT2D eigenvalue weighted by Gasteiger charge is -2.19. The third-order valence-electron chi connectivity index (χ3n) is 2.78. The van der Waals surface area contributed by atoms with Crippen molar-refractivity contribution in [1.29, 1.82) is 0 Å². The molecule has 0 fully saturated rings. The highest BCUT2D eigenvalue weighted by Gasteiger charge is 2.10. The number of amides is 1. The molecule has 0 aromatic carbocycles. The van der Waals surface area contributed by atoms with Crippen molar-refractivity contribution in [3.63, 3.8) is 0 Å². The van der Waals surface area contributed by atoms with Crippen molar-refractivity contribution < 1.29 is 4.79 Å². The topological polar surface area (TPSA) is 109 Å². The van der Waals surface area contributed by atoms with Gasteiger partial charge in [-0.1, -0.05) is 0 Å². The Hall–Kier alpha value is -2.12. The maximum Gasteiger partial charge on any atom is 0.231 e. The van der Waals surface area contributed by atoms with Gasteiger partial charge in [-0.15, -0.1) is 0 Å². The molecular weight excluding hydrogens is 258 g/mol.